The topological polar surface area (TPSA) is 12.0 Å². The van der Waals surface area contributed by atoms with Crippen molar-refractivity contribution in [2.75, 3.05) is 12.3 Å². The molecule has 1 atom stereocenters. The lowest BCUT2D eigenvalue weighted by atomic mass is 10.1. The first-order valence-electron chi connectivity index (χ1n) is 6.88. The van der Waals surface area contributed by atoms with Crippen LogP contribution in [0.25, 0.3) is 0 Å². The molecule has 0 spiro atoms. The minimum atomic E-state index is -0.147. The number of halogens is 1. The van der Waals surface area contributed by atoms with Gasteiger partial charge in [-0.25, -0.2) is 4.39 Å². The summed E-state index contributed by atoms with van der Waals surface area (Å²) in [6.07, 6.45) is 5.05. The minimum absolute atomic E-state index is 0.147. The third-order valence-electron chi connectivity index (χ3n) is 2.90. The van der Waals surface area contributed by atoms with E-state index in [1.165, 1.54) is 31.7 Å². The number of hydrogen-bond donors (Lipinski definition) is 1. The standard InChI is InChI=1S/C15H24FNS/c1-3-5-6-9-14(17-4-2)12-18-15-10-7-8-13(16)11-15/h7-8,10-11,14,17H,3-6,9,12H2,1-2H3. The highest BCUT2D eigenvalue weighted by atomic mass is 32.2. The van der Waals surface area contributed by atoms with E-state index in [1.54, 1.807) is 23.9 Å². The molecule has 0 fully saturated rings. The van der Waals surface area contributed by atoms with E-state index in [0.717, 1.165) is 17.2 Å². The Morgan fingerprint density at radius 3 is 2.78 bits per heavy atom. The summed E-state index contributed by atoms with van der Waals surface area (Å²) in [7, 11) is 0. The molecule has 0 bridgehead atoms. The average molecular weight is 269 g/mol. The fourth-order valence-electron chi connectivity index (χ4n) is 1.93. The predicted molar refractivity (Wildman–Crippen MR) is 78.7 cm³/mol. The number of nitrogens with one attached hydrogen (secondary N) is 1. The Morgan fingerprint density at radius 2 is 2.11 bits per heavy atom. The third-order valence-corrected chi connectivity index (χ3v) is 4.05. The van der Waals surface area contributed by atoms with Crippen LogP contribution in [0.2, 0.25) is 0 Å². The van der Waals surface area contributed by atoms with Crippen LogP contribution in [0, 0.1) is 5.82 Å². The summed E-state index contributed by atoms with van der Waals surface area (Å²) in [5, 5.41) is 3.51. The van der Waals surface area contributed by atoms with Gasteiger partial charge in [-0.3, -0.25) is 0 Å². The molecule has 0 aliphatic rings. The number of thioether (sulfide) groups is 1. The van der Waals surface area contributed by atoms with Gasteiger partial charge in [0.05, 0.1) is 0 Å². The van der Waals surface area contributed by atoms with Crippen molar-refractivity contribution in [2.24, 2.45) is 0 Å². The van der Waals surface area contributed by atoms with Crippen LogP contribution in [0.1, 0.15) is 39.5 Å². The van der Waals surface area contributed by atoms with Gasteiger partial charge in [0.25, 0.3) is 0 Å². The molecule has 1 rings (SSSR count). The Balaban J connectivity index is 2.36. The van der Waals surface area contributed by atoms with E-state index in [9.17, 15) is 4.39 Å². The van der Waals surface area contributed by atoms with Gasteiger partial charge in [-0.1, -0.05) is 39.2 Å². The van der Waals surface area contributed by atoms with Gasteiger partial charge in [0, 0.05) is 16.7 Å². The fourth-order valence-corrected chi connectivity index (χ4v) is 2.98. The van der Waals surface area contributed by atoms with Crippen LogP contribution in [0.4, 0.5) is 4.39 Å². The van der Waals surface area contributed by atoms with Crippen LogP contribution in [-0.2, 0) is 0 Å². The number of hydrogen-bond acceptors (Lipinski definition) is 2. The summed E-state index contributed by atoms with van der Waals surface area (Å²) >= 11 is 1.74. The van der Waals surface area contributed by atoms with Gasteiger partial charge in [-0.2, -0.15) is 0 Å². The maximum atomic E-state index is 13.1. The molecule has 1 aromatic rings. The molecule has 1 N–H and O–H groups in total. The Kier molecular flexibility index (Phi) is 8.10. The van der Waals surface area contributed by atoms with Gasteiger partial charge >= 0.3 is 0 Å². The minimum Gasteiger partial charge on any atom is -0.313 e. The van der Waals surface area contributed by atoms with Crippen LogP contribution in [0.15, 0.2) is 29.2 Å². The molecule has 18 heavy (non-hydrogen) atoms. The first-order chi connectivity index (χ1) is 8.76. The first kappa shape index (κ1) is 15.5. The molecule has 0 radical (unpaired) electrons. The van der Waals surface area contributed by atoms with Gasteiger partial charge in [0.15, 0.2) is 0 Å². The molecule has 1 aromatic carbocycles. The van der Waals surface area contributed by atoms with Gasteiger partial charge in [0.2, 0.25) is 0 Å². The smallest absolute Gasteiger partial charge is 0.124 e. The van der Waals surface area contributed by atoms with Crippen LogP contribution in [0.5, 0.6) is 0 Å². The molecule has 3 heteroatoms. The fraction of sp³-hybridized carbons (Fsp3) is 0.600. The average Bonchev–Trinajstić information content (AvgIpc) is 2.36. The normalized spacial score (nSPS) is 12.6. The summed E-state index contributed by atoms with van der Waals surface area (Å²) in [4.78, 5) is 1.02. The molecule has 0 aromatic heterocycles. The van der Waals surface area contributed by atoms with E-state index in [-0.39, 0.29) is 5.82 Å². The van der Waals surface area contributed by atoms with Crippen LogP contribution < -0.4 is 5.32 Å². The summed E-state index contributed by atoms with van der Waals surface area (Å²) in [6.45, 7) is 5.37. The zero-order valence-electron chi connectivity index (χ0n) is 11.4. The summed E-state index contributed by atoms with van der Waals surface area (Å²) in [6, 6.07) is 7.39. The van der Waals surface area contributed by atoms with E-state index in [4.69, 9.17) is 0 Å². The molecular formula is C15H24FNS. The maximum Gasteiger partial charge on any atom is 0.124 e. The van der Waals surface area contributed by atoms with Crippen LogP contribution in [0.3, 0.4) is 0 Å². The maximum absolute atomic E-state index is 13.1. The Labute approximate surface area is 115 Å². The third kappa shape index (κ3) is 6.41. The lowest BCUT2D eigenvalue weighted by Gasteiger charge is -2.17. The van der Waals surface area contributed by atoms with Crippen molar-refractivity contribution in [2.45, 2.75) is 50.5 Å². The molecule has 0 amide bonds. The Morgan fingerprint density at radius 1 is 1.28 bits per heavy atom. The lowest BCUT2D eigenvalue weighted by molar-refractivity contribution is 0.506. The van der Waals surface area contributed by atoms with Gasteiger partial charge in [-0.15, -0.1) is 11.8 Å². The molecule has 1 unspecified atom stereocenters. The molecule has 0 aliphatic heterocycles. The number of benzene rings is 1. The highest BCUT2D eigenvalue weighted by molar-refractivity contribution is 7.99. The summed E-state index contributed by atoms with van der Waals surface area (Å²) in [5.41, 5.74) is 0. The van der Waals surface area contributed by atoms with Crippen molar-refractivity contribution in [3.8, 4) is 0 Å². The molecule has 0 saturated heterocycles. The Bertz CT molecular complexity index is 330. The second-order valence-electron chi connectivity index (χ2n) is 4.52. The van der Waals surface area contributed by atoms with Gasteiger partial charge < -0.3 is 5.32 Å². The van der Waals surface area contributed by atoms with Crippen molar-refractivity contribution in [1.29, 1.82) is 0 Å². The molecule has 0 saturated carbocycles. The molecule has 0 aliphatic carbocycles. The lowest BCUT2D eigenvalue weighted by Crippen LogP contribution is -2.31. The molecule has 0 heterocycles. The first-order valence-corrected chi connectivity index (χ1v) is 7.86. The van der Waals surface area contributed by atoms with Crippen LogP contribution >= 0.6 is 11.8 Å². The van der Waals surface area contributed by atoms with E-state index >= 15 is 0 Å². The molecule has 102 valence electrons. The van der Waals surface area contributed by atoms with Crippen LogP contribution in [-0.4, -0.2) is 18.3 Å². The van der Waals surface area contributed by atoms with E-state index in [0.29, 0.717) is 6.04 Å². The summed E-state index contributed by atoms with van der Waals surface area (Å²) < 4.78 is 13.1. The van der Waals surface area contributed by atoms with Gasteiger partial charge in [-0.05, 0) is 31.2 Å². The van der Waals surface area contributed by atoms with Crippen molar-refractivity contribution < 1.29 is 4.39 Å². The predicted octanol–water partition coefficient (Wildman–Crippen LogP) is 4.48. The molecular weight excluding hydrogens is 245 g/mol. The number of rotatable bonds is 9. The quantitative estimate of drug-likeness (QED) is 0.524. The largest absolute Gasteiger partial charge is 0.313 e. The van der Waals surface area contributed by atoms with Gasteiger partial charge in [0.1, 0.15) is 5.82 Å². The number of unbranched alkanes of at least 4 members (excludes halogenated alkanes) is 2. The monoisotopic (exact) mass is 269 g/mol. The summed E-state index contributed by atoms with van der Waals surface area (Å²) in [5.74, 6) is 0.868. The van der Waals surface area contributed by atoms with Crippen molar-refractivity contribution in [1.82, 2.24) is 5.32 Å². The van der Waals surface area contributed by atoms with Crippen molar-refractivity contribution >= 4 is 11.8 Å². The van der Waals surface area contributed by atoms with Crippen molar-refractivity contribution in [3.05, 3.63) is 30.1 Å². The second kappa shape index (κ2) is 9.40. The van der Waals surface area contributed by atoms with E-state index in [2.05, 4.69) is 19.2 Å². The Hall–Kier alpha value is -0.540. The SMILES string of the molecule is CCCCCC(CSc1cccc(F)c1)NCC. The molecule has 1 nitrogen and oxygen atoms in total. The zero-order valence-corrected chi connectivity index (χ0v) is 12.2. The highest BCUT2D eigenvalue weighted by Gasteiger charge is 2.07. The van der Waals surface area contributed by atoms with E-state index < -0.39 is 0 Å². The van der Waals surface area contributed by atoms with Crippen molar-refractivity contribution in [3.63, 3.8) is 0 Å². The second-order valence-corrected chi connectivity index (χ2v) is 5.61. The van der Waals surface area contributed by atoms with E-state index in [1.807, 2.05) is 6.07 Å². The zero-order chi connectivity index (χ0) is 13.2. The highest BCUT2D eigenvalue weighted by Crippen LogP contribution is 2.21.